The molecule has 4 heteroatoms. The number of rotatable bonds is 4. The van der Waals surface area contributed by atoms with Crippen molar-refractivity contribution in [3.63, 3.8) is 0 Å². The van der Waals surface area contributed by atoms with Gasteiger partial charge in [-0.1, -0.05) is 0 Å². The lowest BCUT2D eigenvalue weighted by Crippen LogP contribution is -2.17. The highest BCUT2D eigenvalue weighted by Gasteiger charge is 1.98. The first-order valence-electron chi connectivity index (χ1n) is 4.62. The van der Waals surface area contributed by atoms with Gasteiger partial charge >= 0.3 is 0 Å². The molecule has 2 aromatic rings. The molecule has 2 rings (SSSR count). The Balaban J connectivity index is 2.10. The van der Waals surface area contributed by atoms with Crippen molar-refractivity contribution in [3.05, 3.63) is 24.6 Å². The second kappa shape index (κ2) is 4.11. The summed E-state index contributed by atoms with van der Waals surface area (Å²) in [6, 6.07) is 5.90. The van der Waals surface area contributed by atoms with Crippen LogP contribution in [0.3, 0.4) is 0 Å². The Morgan fingerprint density at radius 2 is 2.29 bits per heavy atom. The summed E-state index contributed by atoms with van der Waals surface area (Å²) in [6.45, 7) is 1.84. The summed E-state index contributed by atoms with van der Waals surface area (Å²) in [6.07, 6.45) is 1.46. The minimum absolute atomic E-state index is 0.819. The van der Waals surface area contributed by atoms with Gasteiger partial charge in [-0.05, 0) is 19.2 Å². The number of hydrogen-bond acceptors (Lipinski definition) is 4. The van der Waals surface area contributed by atoms with Gasteiger partial charge in [-0.2, -0.15) is 0 Å². The van der Waals surface area contributed by atoms with Crippen LogP contribution in [0.5, 0.6) is 0 Å². The molecule has 0 amide bonds. The lowest BCUT2D eigenvalue weighted by Gasteiger charge is -2.04. The molecule has 0 fully saturated rings. The Kier molecular flexibility index (Phi) is 2.65. The molecule has 0 saturated heterocycles. The topological polar surface area (TPSA) is 50.1 Å². The summed E-state index contributed by atoms with van der Waals surface area (Å²) >= 11 is 0. The number of likely N-dealkylation sites (N-methyl/N-ethyl adjacent to an activating group) is 1. The van der Waals surface area contributed by atoms with Crippen LogP contribution in [0, 0.1) is 0 Å². The van der Waals surface area contributed by atoms with E-state index in [4.69, 9.17) is 4.42 Å². The molecule has 0 aliphatic heterocycles. The molecule has 0 aliphatic rings. The summed E-state index contributed by atoms with van der Waals surface area (Å²) in [7, 11) is 1.93. The maximum Gasteiger partial charge on any atom is 0.181 e. The Hall–Kier alpha value is -1.55. The van der Waals surface area contributed by atoms with Crippen LogP contribution >= 0.6 is 0 Å². The van der Waals surface area contributed by atoms with E-state index in [0.29, 0.717) is 0 Å². The van der Waals surface area contributed by atoms with Crippen LogP contribution in [0.15, 0.2) is 29.0 Å². The summed E-state index contributed by atoms with van der Waals surface area (Å²) < 4.78 is 5.20. The second-order valence-electron chi connectivity index (χ2n) is 3.07. The number of hydrogen-bond donors (Lipinski definition) is 2. The monoisotopic (exact) mass is 191 g/mol. The first-order valence-corrected chi connectivity index (χ1v) is 4.62. The Morgan fingerprint density at radius 1 is 1.36 bits per heavy atom. The average Bonchev–Trinajstić information content (AvgIpc) is 2.65. The Labute approximate surface area is 82.3 Å². The largest absolute Gasteiger partial charge is 0.443 e. The first-order chi connectivity index (χ1) is 6.90. The van der Waals surface area contributed by atoms with E-state index in [0.717, 1.165) is 29.9 Å². The molecule has 0 aliphatic carbocycles. The molecule has 0 spiro atoms. The lowest BCUT2D eigenvalue weighted by atomic mass is 10.3. The van der Waals surface area contributed by atoms with Gasteiger partial charge in [0.2, 0.25) is 0 Å². The van der Waals surface area contributed by atoms with Crippen LogP contribution < -0.4 is 10.6 Å². The molecular weight excluding hydrogens is 178 g/mol. The van der Waals surface area contributed by atoms with Crippen molar-refractivity contribution in [1.29, 1.82) is 0 Å². The number of nitrogens with one attached hydrogen (secondary N) is 2. The molecule has 0 radical (unpaired) electrons. The van der Waals surface area contributed by atoms with E-state index in [-0.39, 0.29) is 0 Å². The van der Waals surface area contributed by atoms with E-state index in [9.17, 15) is 0 Å². The van der Waals surface area contributed by atoms with Crippen LogP contribution in [0.25, 0.3) is 11.1 Å². The normalized spacial score (nSPS) is 10.6. The van der Waals surface area contributed by atoms with Crippen molar-refractivity contribution in [2.24, 2.45) is 0 Å². The molecule has 74 valence electrons. The third-order valence-electron chi connectivity index (χ3n) is 2.04. The van der Waals surface area contributed by atoms with Crippen molar-refractivity contribution in [2.45, 2.75) is 0 Å². The zero-order chi connectivity index (χ0) is 9.80. The summed E-state index contributed by atoms with van der Waals surface area (Å²) in [4.78, 5) is 4.05. The molecule has 2 N–H and O–H groups in total. The highest BCUT2D eigenvalue weighted by molar-refractivity contribution is 5.76. The molecule has 1 aromatic heterocycles. The third kappa shape index (κ3) is 1.85. The minimum atomic E-state index is 0.819. The molecule has 4 nitrogen and oxygen atoms in total. The van der Waals surface area contributed by atoms with Crippen molar-refractivity contribution in [1.82, 2.24) is 10.3 Å². The molecule has 1 heterocycles. The Morgan fingerprint density at radius 3 is 3.14 bits per heavy atom. The standard InChI is InChI=1S/C10H13N3O/c1-11-4-5-12-8-2-3-9-10(6-8)14-7-13-9/h2-3,6-7,11-12H,4-5H2,1H3. The molecule has 0 saturated carbocycles. The van der Waals surface area contributed by atoms with Gasteiger partial charge in [0, 0.05) is 24.8 Å². The number of aromatic nitrogens is 1. The number of fused-ring (bicyclic) bond motifs is 1. The first kappa shape index (κ1) is 9.02. The lowest BCUT2D eigenvalue weighted by molar-refractivity contribution is 0.602. The molecule has 0 unspecified atom stereocenters. The van der Waals surface area contributed by atoms with Gasteiger partial charge in [0.1, 0.15) is 5.52 Å². The predicted octanol–water partition coefficient (Wildman–Crippen LogP) is 1.46. The van der Waals surface area contributed by atoms with Gasteiger partial charge in [-0.15, -0.1) is 0 Å². The Bertz CT molecular complexity index is 410. The van der Waals surface area contributed by atoms with E-state index in [1.807, 2.05) is 25.2 Å². The van der Waals surface area contributed by atoms with Gasteiger partial charge in [-0.25, -0.2) is 4.98 Å². The van der Waals surface area contributed by atoms with Gasteiger partial charge in [0.05, 0.1) is 0 Å². The number of oxazole rings is 1. The van der Waals surface area contributed by atoms with Gasteiger partial charge < -0.3 is 15.1 Å². The molecular formula is C10H13N3O. The second-order valence-corrected chi connectivity index (χ2v) is 3.07. The third-order valence-corrected chi connectivity index (χ3v) is 2.04. The van der Waals surface area contributed by atoms with Crippen LogP contribution in [-0.2, 0) is 0 Å². The minimum Gasteiger partial charge on any atom is -0.443 e. The van der Waals surface area contributed by atoms with Crippen molar-refractivity contribution in [3.8, 4) is 0 Å². The molecule has 1 aromatic carbocycles. The fourth-order valence-electron chi connectivity index (χ4n) is 1.30. The van der Waals surface area contributed by atoms with Gasteiger partial charge in [0.15, 0.2) is 12.0 Å². The summed E-state index contributed by atoms with van der Waals surface area (Å²) in [5.74, 6) is 0. The quantitative estimate of drug-likeness (QED) is 0.718. The predicted molar refractivity (Wildman–Crippen MR) is 56.4 cm³/mol. The average molecular weight is 191 g/mol. The number of nitrogens with zero attached hydrogens (tertiary/aromatic N) is 1. The SMILES string of the molecule is CNCCNc1ccc2ncoc2c1. The zero-order valence-electron chi connectivity index (χ0n) is 8.08. The van der Waals surface area contributed by atoms with Crippen molar-refractivity contribution < 1.29 is 4.42 Å². The smallest absolute Gasteiger partial charge is 0.181 e. The van der Waals surface area contributed by atoms with Crippen LogP contribution in [-0.4, -0.2) is 25.1 Å². The van der Waals surface area contributed by atoms with E-state index in [1.54, 1.807) is 0 Å². The highest BCUT2D eigenvalue weighted by atomic mass is 16.3. The van der Waals surface area contributed by atoms with Crippen LogP contribution in [0.1, 0.15) is 0 Å². The maximum absolute atomic E-state index is 5.20. The van der Waals surface area contributed by atoms with Crippen molar-refractivity contribution >= 4 is 16.8 Å². The van der Waals surface area contributed by atoms with E-state index in [2.05, 4.69) is 15.6 Å². The van der Waals surface area contributed by atoms with Crippen molar-refractivity contribution in [2.75, 3.05) is 25.5 Å². The fourth-order valence-corrected chi connectivity index (χ4v) is 1.30. The fraction of sp³-hybridized carbons (Fsp3) is 0.300. The van der Waals surface area contributed by atoms with Gasteiger partial charge in [0.25, 0.3) is 0 Å². The number of benzene rings is 1. The molecule has 14 heavy (non-hydrogen) atoms. The maximum atomic E-state index is 5.20. The summed E-state index contributed by atoms with van der Waals surface area (Å²) in [5, 5.41) is 6.35. The van der Waals surface area contributed by atoms with E-state index >= 15 is 0 Å². The van der Waals surface area contributed by atoms with E-state index in [1.165, 1.54) is 6.39 Å². The van der Waals surface area contributed by atoms with Crippen LogP contribution in [0.4, 0.5) is 5.69 Å². The number of anilines is 1. The highest BCUT2D eigenvalue weighted by Crippen LogP contribution is 2.17. The molecule has 0 atom stereocenters. The van der Waals surface area contributed by atoms with Crippen LogP contribution in [0.2, 0.25) is 0 Å². The van der Waals surface area contributed by atoms with E-state index < -0.39 is 0 Å². The van der Waals surface area contributed by atoms with Gasteiger partial charge in [-0.3, -0.25) is 0 Å². The summed E-state index contributed by atoms with van der Waals surface area (Å²) in [5.41, 5.74) is 2.77. The molecule has 0 bridgehead atoms. The zero-order valence-corrected chi connectivity index (χ0v) is 8.08.